The van der Waals surface area contributed by atoms with Crippen LogP contribution < -0.4 is 22.2 Å². The van der Waals surface area contributed by atoms with Crippen LogP contribution >= 0.6 is 0 Å². The molecule has 11 heteroatoms. The van der Waals surface area contributed by atoms with Gasteiger partial charge in [-0.05, 0) is 30.4 Å². The van der Waals surface area contributed by atoms with E-state index >= 15 is 0 Å². The van der Waals surface area contributed by atoms with Crippen LogP contribution in [0.15, 0.2) is 55.2 Å². The number of rotatable bonds is 5. The molecule has 0 aliphatic rings. The minimum absolute atomic E-state index is 0.234. The van der Waals surface area contributed by atoms with Gasteiger partial charge < -0.3 is 19.6 Å². The van der Waals surface area contributed by atoms with Crippen LogP contribution in [-0.4, -0.2) is 34.1 Å². The molecular formula is C20H15N3O8. The molecule has 11 nitrogen and oxygen atoms in total. The lowest BCUT2D eigenvalue weighted by molar-refractivity contribution is 0.0597. The number of amides is 1. The maximum atomic E-state index is 12.3. The Morgan fingerprint density at radius 1 is 1.10 bits per heavy atom. The SMILES string of the molecule is COC(=O)c1cc(NC(=O)c2ccccc2)c(=O)oc1/C=C/c1c(O)[nH]c(=O)[nH]c1=O. The van der Waals surface area contributed by atoms with Gasteiger partial charge in [-0.3, -0.25) is 19.6 Å². The van der Waals surface area contributed by atoms with Gasteiger partial charge in [-0.1, -0.05) is 18.2 Å². The van der Waals surface area contributed by atoms with Crippen LogP contribution in [0.25, 0.3) is 12.2 Å². The summed E-state index contributed by atoms with van der Waals surface area (Å²) in [5, 5.41) is 12.1. The molecule has 2 aromatic heterocycles. The Labute approximate surface area is 172 Å². The molecule has 2 heterocycles. The Kier molecular flexibility index (Phi) is 5.96. The summed E-state index contributed by atoms with van der Waals surface area (Å²) in [7, 11) is 1.10. The van der Waals surface area contributed by atoms with Crippen molar-refractivity contribution in [2.45, 2.75) is 0 Å². The third-order valence-corrected chi connectivity index (χ3v) is 4.03. The number of esters is 1. The van der Waals surface area contributed by atoms with Gasteiger partial charge in [0.15, 0.2) is 0 Å². The number of benzene rings is 1. The van der Waals surface area contributed by atoms with E-state index in [1.807, 2.05) is 9.97 Å². The van der Waals surface area contributed by atoms with Crippen molar-refractivity contribution < 1.29 is 23.8 Å². The molecule has 1 amide bonds. The lowest BCUT2D eigenvalue weighted by Crippen LogP contribution is -2.23. The summed E-state index contributed by atoms with van der Waals surface area (Å²) < 4.78 is 9.77. The van der Waals surface area contributed by atoms with Crippen molar-refractivity contribution in [1.82, 2.24) is 9.97 Å². The predicted octanol–water partition coefficient (Wildman–Crippen LogP) is 0.931. The Bertz CT molecular complexity index is 1350. The number of carbonyl (C=O) groups is 2. The Morgan fingerprint density at radius 3 is 2.45 bits per heavy atom. The van der Waals surface area contributed by atoms with Gasteiger partial charge in [-0.25, -0.2) is 14.4 Å². The highest BCUT2D eigenvalue weighted by molar-refractivity contribution is 6.05. The van der Waals surface area contributed by atoms with Crippen LogP contribution in [0.1, 0.15) is 32.0 Å². The quantitative estimate of drug-likeness (QED) is 0.437. The standard InChI is InChI=1S/C20H15N3O8/c1-30-18(27)12-9-13(21-15(24)10-5-3-2-4-6-10)19(28)31-14(12)8-7-11-16(25)22-20(29)23-17(11)26/h2-9H,1H3,(H,21,24)(H3,22,23,25,26,29)/b8-7+. The summed E-state index contributed by atoms with van der Waals surface area (Å²) in [6.07, 6.45) is 2.08. The van der Waals surface area contributed by atoms with Gasteiger partial charge in [0.1, 0.15) is 17.0 Å². The summed E-state index contributed by atoms with van der Waals surface area (Å²) in [5.41, 5.74) is -3.42. The van der Waals surface area contributed by atoms with E-state index in [1.165, 1.54) is 12.1 Å². The maximum Gasteiger partial charge on any atom is 0.360 e. The van der Waals surface area contributed by atoms with Gasteiger partial charge in [0.25, 0.3) is 11.5 Å². The van der Waals surface area contributed by atoms with Crippen LogP contribution in [0.2, 0.25) is 0 Å². The molecule has 0 unspecified atom stereocenters. The zero-order valence-electron chi connectivity index (χ0n) is 15.9. The number of hydrogen-bond acceptors (Lipinski definition) is 8. The van der Waals surface area contributed by atoms with E-state index in [-0.39, 0.29) is 28.1 Å². The molecule has 0 aliphatic carbocycles. The molecule has 3 rings (SSSR count). The minimum Gasteiger partial charge on any atom is -0.494 e. The number of hydrogen-bond donors (Lipinski definition) is 4. The van der Waals surface area contributed by atoms with Crippen LogP contribution in [0.4, 0.5) is 5.69 Å². The van der Waals surface area contributed by atoms with Crippen LogP contribution in [0.5, 0.6) is 5.88 Å². The second-order valence-electron chi connectivity index (χ2n) is 6.04. The topological polar surface area (TPSA) is 172 Å². The third-order valence-electron chi connectivity index (χ3n) is 4.03. The second-order valence-corrected chi connectivity index (χ2v) is 6.04. The molecule has 0 atom stereocenters. The normalized spacial score (nSPS) is 10.7. The van der Waals surface area contributed by atoms with Gasteiger partial charge in [-0.15, -0.1) is 0 Å². The van der Waals surface area contributed by atoms with Crippen molar-refractivity contribution in [2.75, 3.05) is 12.4 Å². The highest BCUT2D eigenvalue weighted by Gasteiger charge is 2.19. The van der Waals surface area contributed by atoms with Gasteiger partial charge in [0.05, 0.1) is 12.7 Å². The number of ether oxygens (including phenoxy) is 1. The molecule has 0 aliphatic heterocycles. The average molecular weight is 425 g/mol. The highest BCUT2D eigenvalue weighted by atomic mass is 16.5. The molecular weight excluding hydrogens is 410 g/mol. The fraction of sp³-hybridized carbons (Fsp3) is 0.0500. The number of nitrogens with one attached hydrogen (secondary N) is 3. The fourth-order valence-electron chi connectivity index (χ4n) is 2.55. The van der Waals surface area contributed by atoms with Crippen LogP contribution in [0.3, 0.4) is 0 Å². The van der Waals surface area contributed by atoms with Crippen molar-refractivity contribution in [1.29, 1.82) is 0 Å². The first-order chi connectivity index (χ1) is 14.8. The van der Waals surface area contributed by atoms with E-state index in [4.69, 9.17) is 4.42 Å². The van der Waals surface area contributed by atoms with E-state index in [1.54, 1.807) is 18.2 Å². The van der Waals surface area contributed by atoms with Gasteiger partial charge in [0.2, 0.25) is 5.88 Å². The number of carbonyl (C=O) groups excluding carboxylic acids is 2. The van der Waals surface area contributed by atoms with Gasteiger partial charge >= 0.3 is 17.3 Å². The first-order valence-electron chi connectivity index (χ1n) is 8.66. The number of H-pyrrole nitrogens is 2. The number of aromatic amines is 2. The Balaban J connectivity index is 2.02. The van der Waals surface area contributed by atoms with E-state index in [0.717, 1.165) is 25.3 Å². The van der Waals surface area contributed by atoms with E-state index in [0.29, 0.717) is 0 Å². The molecule has 1 aromatic carbocycles. The minimum atomic E-state index is -0.976. The molecule has 158 valence electrons. The second kappa shape index (κ2) is 8.78. The molecule has 0 fully saturated rings. The van der Waals surface area contributed by atoms with Crippen molar-refractivity contribution in [3.8, 4) is 5.88 Å². The zero-order chi connectivity index (χ0) is 22.5. The van der Waals surface area contributed by atoms with Crippen molar-refractivity contribution in [2.24, 2.45) is 0 Å². The Hall–Kier alpha value is -4.67. The molecule has 0 radical (unpaired) electrons. The number of aromatic hydroxyl groups is 1. The van der Waals surface area contributed by atoms with Crippen LogP contribution in [-0.2, 0) is 4.74 Å². The predicted molar refractivity (Wildman–Crippen MR) is 109 cm³/mol. The average Bonchev–Trinajstić information content (AvgIpc) is 2.74. The molecule has 0 saturated carbocycles. The molecule has 0 spiro atoms. The molecule has 3 aromatic rings. The van der Waals surface area contributed by atoms with Crippen molar-refractivity contribution >= 4 is 29.7 Å². The third kappa shape index (κ3) is 4.67. The lowest BCUT2D eigenvalue weighted by Gasteiger charge is -2.08. The number of anilines is 1. The van der Waals surface area contributed by atoms with Crippen molar-refractivity contribution in [3.63, 3.8) is 0 Å². The molecule has 31 heavy (non-hydrogen) atoms. The molecule has 4 N–H and O–H groups in total. The summed E-state index contributed by atoms with van der Waals surface area (Å²) in [6.45, 7) is 0. The van der Waals surface area contributed by atoms with E-state index in [9.17, 15) is 29.1 Å². The van der Waals surface area contributed by atoms with E-state index in [2.05, 4.69) is 10.1 Å². The highest BCUT2D eigenvalue weighted by Crippen LogP contribution is 2.18. The fourth-order valence-corrected chi connectivity index (χ4v) is 2.55. The van der Waals surface area contributed by atoms with Gasteiger partial charge in [0, 0.05) is 5.56 Å². The molecule has 0 saturated heterocycles. The van der Waals surface area contributed by atoms with Crippen molar-refractivity contribution in [3.05, 3.63) is 90.1 Å². The monoisotopic (exact) mass is 425 g/mol. The van der Waals surface area contributed by atoms with Crippen LogP contribution in [0, 0.1) is 0 Å². The summed E-state index contributed by atoms with van der Waals surface area (Å²) in [4.78, 5) is 63.6. The molecule has 0 bridgehead atoms. The van der Waals surface area contributed by atoms with Gasteiger partial charge in [-0.2, -0.15) is 0 Å². The lowest BCUT2D eigenvalue weighted by atomic mass is 10.1. The largest absolute Gasteiger partial charge is 0.494 e. The zero-order valence-corrected chi connectivity index (χ0v) is 15.9. The first-order valence-corrected chi connectivity index (χ1v) is 8.66. The van der Waals surface area contributed by atoms with E-state index < -0.39 is 34.6 Å². The summed E-state index contributed by atoms with van der Waals surface area (Å²) >= 11 is 0. The first kappa shape index (κ1) is 21.0. The summed E-state index contributed by atoms with van der Waals surface area (Å²) in [5.74, 6) is -2.52. The Morgan fingerprint density at radius 2 is 1.81 bits per heavy atom. The maximum absolute atomic E-state index is 12.3. The number of aromatic nitrogens is 2. The smallest absolute Gasteiger partial charge is 0.360 e. The number of methoxy groups -OCH3 is 1. The summed E-state index contributed by atoms with van der Waals surface area (Å²) in [6, 6.07) is 9.12.